The van der Waals surface area contributed by atoms with E-state index in [0.29, 0.717) is 41.5 Å². The Hall–Kier alpha value is -3.14. The van der Waals surface area contributed by atoms with Gasteiger partial charge in [-0.2, -0.15) is 0 Å². The molecule has 0 radical (unpaired) electrons. The number of aliphatic hydroxyl groups excluding tert-OH is 1. The SMILES string of the molecule is CC[C@@]1(O)C(=O)OCc2c1cc1n(c2=O)Cc2c-1nc1cc(F)c(C)cc1c2CN1CCC(CO)CC1. The van der Waals surface area contributed by atoms with Gasteiger partial charge in [-0.05, 0) is 68.5 Å². The molecule has 5 heterocycles. The van der Waals surface area contributed by atoms with Crippen LogP contribution < -0.4 is 5.56 Å². The molecule has 2 aromatic heterocycles. The highest BCUT2D eigenvalue weighted by Crippen LogP contribution is 2.41. The summed E-state index contributed by atoms with van der Waals surface area (Å²) in [6.45, 7) is 6.02. The summed E-state index contributed by atoms with van der Waals surface area (Å²) in [6, 6.07) is 4.95. The number of halogens is 1. The zero-order valence-corrected chi connectivity index (χ0v) is 21.0. The first-order chi connectivity index (χ1) is 17.7. The number of aliphatic hydroxyl groups is 2. The molecule has 1 saturated heterocycles. The number of pyridine rings is 2. The summed E-state index contributed by atoms with van der Waals surface area (Å²) < 4.78 is 21.4. The number of hydrogen-bond acceptors (Lipinski definition) is 7. The molecule has 37 heavy (non-hydrogen) atoms. The van der Waals surface area contributed by atoms with Crippen LogP contribution in [0.5, 0.6) is 0 Å². The van der Waals surface area contributed by atoms with Crippen LogP contribution in [0.4, 0.5) is 4.39 Å². The van der Waals surface area contributed by atoms with Crippen LogP contribution in [0, 0.1) is 18.7 Å². The maximum absolute atomic E-state index is 14.6. The second-order valence-corrected chi connectivity index (χ2v) is 10.5. The minimum Gasteiger partial charge on any atom is -0.458 e. The van der Waals surface area contributed by atoms with E-state index in [4.69, 9.17) is 9.72 Å². The van der Waals surface area contributed by atoms with Gasteiger partial charge >= 0.3 is 5.97 Å². The van der Waals surface area contributed by atoms with E-state index >= 15 is 0 Å². The first-order valence-electron chi connectivity index (χ1n) is 12.9. The average Bonchev–Trinajstić information content (AvgIpc) is 3.27. The van der Waals surface area contributed by atoms with Crippen LogP contribution in [0.3, 0.4) is 0 Å². The molecule has 6 rings (SSSR count). The number of benzene rings is 1. The molecule has 1 fully saturated rings. The van der Waals surface area contributed by atoms with E-state index in [1.54, 1.807) is 24.5 Å². The summed E-state index contributed by atoms with van der Waals surface area (Å²) in [5.74, 6) is -0.802. The van der Waals surface area contributed by atoms with Crippen LogP contribution >= 0.6 is 0 Å². The van der Waals surface area contributed by atoms with Gasteiger partial charge in [0.05, 0.1) is 29.0 Å². The Morgan fingerprint density at radius 2 is 1.95 bits per heavy atom. The number of piperidine rings is 1. The molecule has 0 unspecified atom stereocenters. The molecule has 2 N–H and O–H groups in total. The van der Waals surface area contributed by atoms with Gasteiger partial charge in [0.25, 0.3) is 5.56 Å². The lowest BCUT2D eigenvalue weighted by Gasteiger charge is -2.31. The number of aryl methyl sites for hydroxylation is 1. The Morgan fingerprint density at radius 1 is 1.19 bits per heavy atom. The summed E-state index contributed by atoms with van der Waals surface area (Å²) in [4.78, 5) is 33.2. The number of cyclic esters (lactones) is 1. The molecular formula is C28H30FN3O5. The second-order valence-electron chi connectivity index (χ2n) is 10.5. The van der Waals surface area contributed by atoms with E-state index < -0.39 is 11.6 Å². The Kier molecular flexibility index (Phi) is 5.70. The van der Waals surface area contributed by atoms with Crippen molar-refractivity contribution in [2.24, 2.45) is 5.92 Å². The summed E-state index contributed by atoms with van der Waals surface area (Å²) in [5, 5.41) is 21.5. The van der Waals surface area contributed by atoms with Crippen LogP contribution in [-0.4, -0.2) is 50.3 Å². The van der Waals surface area contributed by atoms with Gasteiger partial charge in [0.15, 0.2) is 5.60 Å². The molecule has 9 heteroatoms. The fourth-order valence-corrected chi connectivity index (χ4v) is 6.02. The molecule has 0 spiro atoms. The van der Waals surface area contributed by atoms with E-state index in [2.05, 4.69) is 4.90 Å². The Balaban J connectivity index is 1.54. The van der Waals surface area contributed by atoms with Crippen LogP contribution in [-0.2, 0) is 34.8 Å². The molecule has 0 amide bonds. The Labute approximate surface area is 213 Å². The molecule has 0 aliphatic carbocycles. The number of rotatable bonds is 4. The number of ether oxygens (including phenoxy) is 1. The van der Waals surface area contributed by atoms with Crippen LogP contribution in [0.2, 0.25) is 0 Å². The average molecular weight is 508 g/mol. The monoisotopic (exact) mass is 507 g/mol. The van der Waals surface area contributed by atoms with Gasteiger partial charge < -0.3 is 19.5 Å². The van der Waals surface area contributed by atoms with E-state index in [1.807, 2.05) is 6.07 Å². The summed E-state index contributed by atoms with van der Waals surface area (Å²) in [6.07, 6.45) is 1.88. The summed E-state index contributed by atoms with van der Waals surface area (Å²) in [5.41, 5.74) is 2.36. The molecule has 0 bridgehead atoms. The van der Waals surface area contributed by atoms with Crippen molar-refractivity contribution in [2.45, 2.75) is 58.4 Å². The van der Waals surface area contributed by atoms with Gasteiger partial charge in [0, 0.05) is 35.7 Å². The third-order valence-electron chi connectivity index (χ3n) is 8.43. The van der Waals surface area contributed by atoms with E-state index in [1.165, 1.54) is 6.07 Å². The lowest BCUT2D eigenvalue weighted by atomic mass is 9.86. The zero-order valence-electron chi connectivity index (χ0n) is 21.0. The highest BCUT2D eigenvalue weighted by atomic mass is 19.1. The van der Waals surface area contributed by atoms with E-state index in [0.717, 1.165) is 42.4 Å². The van der Waals surface area contributed by atoms with Crippen molar-refractivity contribution in [3.63, 3.8) is 0 Å². The number of aromatic nitrogens is 2. The summed E-state index contributed by atoms with van der Waals surface area (Å²) in [7, 11) is 0. The number of carbonyl (C=O) groups is 1. The van der Waals surface area contributed by atoms with Gasteiger partial charge in [-0.25, -0.2) is 14.2 Å². The largest absolute Gasteiger partial charge is 0.458 e. The van der Waals surface area contributed by atoms with Crippen molar-refractivity contribution in [3.8, 4) is 11.4 Å². The number of nitrogens with zero attached hydrogens (tertiary/aromatic N) is 3. The van der Waals surface area contributed by atoms with Gasteiger partial charge in [-0.15, -0.1) is 0 Å². The number of hydrogen-bond donors (Lipinski definition) is 2. The maximum atomic E-state index is 14.6. The Bertz CT molecular complexity index is 1510. The van der Waals surface area contributed by atoms with Gasteiger partial charge in [-0.3, -0.25) is 9.69 Å². The highest BCUT2D eigenvalue weighted by molar-refractivity contribution is 5.89. The molecule has 3 aliphatic rings. The van der Waals surface area contributed by atoms with Crippen molar-refractivity contribution >= 4 is 16.9 Å². The molecular weight excluding hydrogens is 477 g/mol. The number of esters is 1. The van der Waals surface area contributed by atoms with Gasteiger partial charge in [-0.1, -0.05) is 6.92 Å². The van der Waals surface area contributed by atoms with Crippen molar-refractivity contribution < 1.29 is 24.1 Å². The fourth-order valence-electron chi connectivity index (χ4n) is 6.02. The number of carbonyl (C=O) groups excluding carboxylic acids is 1. The van der Waals surface area contributed by atoms with Crippen molar-refractivity contribution in [1.29, 1.82) is 0 Å². The van der Waals surface area contributed by atoms with E-state index in [-0.39, 0.29) is 42.1 Å². The predicted octanol–water partition coefficient (Wildman–Crippen LogP) is 2.73. The second kappa shape index (κ2) is 8.72. The van der Waals surface area contributed by atoms with Crippen molar-refractivity contribution in [1.82, 2.24) is 14.5 Å². The van der Waals surface area contributed by atoms with Gasteiger partial charge in [0.2, 0.25) is 0 Å². The Morgan fingerprint density at radius 3 is 2.65 bits per heavy atom. The third kappa shape index (κ3) is 3.63. The molecule has 1 aromatic carbocycles. The minimum atomic E-state index is -1.90. The standard InChI is InChI=1S/C28H30FN3O5/c1-3-28(36)21-9-24-25-19(12-32(24)26(34)20(21)14-37-27(28)35)18(11-31-6-4-16(13-33)5-7-31)17-8-15(2)22(29)10-23(17)30-25/h8-10,16,33,36H,3-7,11-14H2,1-2H3/t28-/m0/s1. The van der Waals surface area contributed by atoms with Crippen LogP contribution in [0.1, 0.15) is 54.0 Å². The molecule has 194 valence electrons. The lowest BCUT2D eigenvalue weighted by Crippen LogP contribution is -2.44. The zero-order chi connectivity index (χ0) is 26.1. The quantitative estimate of drug-likeness (QED) is 0.409. The number of fused-ring (bicyclic) bond motifs is 5. The van der Waals surface area contributed by atoms with Crippen molar-refractivity contribution in [2.75, 3.05) is 19.7 Å². The normalized spacial score (nSPS) is 21.6. The predicted molar refractivity (Wildman–Crippen MR) is 134 cm³/mol. The van der Waals surface area contributed by atoms with Crippen molar-refractivity contribution in [3.05, 3.63) is 62.2 Å². The summed E-state index contributed by atoms with van der Waals surface area (Å²) >= 11 is 0. The molecule has 0 saturated carbocycles. The first kappa shape index (κ1) is 24.2. The molecule has 1 atom stereocenters. The highest BCUT2D eigenvalue weighted by Gasteiger charge is 2.45. The molecule has 8 nitrogen and oxygen atoms in total. The topological polar surface area (TPSA) is 105 Å². The van der Waals surface area contributed by atoms with Crippen LogP contribution in [0.15, 0.2) is 23.0 Å². The maximum Gasteiger partial charge on any atom is 0.343 e. The molecule has 3 aliphatic heterocycles. The van der Waals surface area contributed by atoms with Gasteiger partial charge in [0.1, 0.15) is 12.4 Å². The van der Waals surface area contributed by atoms with Crippen LogP contribution in [0.25, 0.3) is 22.3 Å². The smallest absolute Gasteiger partial charge is 0.343 e. The minimum absolute atomic E-state index is 0.0687. The first-order valence-corrected chi connectivity index (χ1v) is 12.9. The third-order valence-corrected chi connectivity index (χ3v) is 8.43. The lowest BCUT2D eigenvalue weighted by molar-refractivity contribution is -0.172. The van der Waals surface area contributed by atoms with E-state index in [9.17, 15) is 24.2 Å². The number of likely N-dealkylation sites (tertiary alicyclic amines) is 1. The molecule has 3 aromatic rings. The fraction of sp³-hybridized carbons (Fsp3) is 0.464.